The molecular weight excluding hydrogens is 302 g/mol. The number of aromatic amines is 1. The molecule has 24 heavy (non-hydrogen) atoms. The predicted molar refractivity (Wildman–Crippen MR) is 96.2 cm³/mol. The number of fused-ring (bicyclic) bond motifs is 1. The van der Waals surface area contributed by atoms with Gasteiger partial charge in [0, 0.05) is 37.4 Å². The Hall–Kier alpha value is -2.08. The number of anilines is 2. The number of pyridine rings is 1. The number of nitrogens with zero attached hydrogens (tertiary/aromatic N) is 2. The van der Waals surface area contributed by atoms with Crippen LogP contribution in [0.15, 0.2) is 12.4 Å². The number of rotatable bonds is 4. The van der Waals surface area contributed by atoms with E-state index in [1.54, 1.807) is 0 Å². The quantitative estimate of drug-likeness (QED) is 0.805. The van der Waals surface area contributed by atoms with E-state index in [-0.39, 0.29) is 17.9 Å². The Balaban J connectivity index is 1.78. The highest BCUT2D eigenvalue weighted by atomic mass is 16.2. The monoisotopic (exact) mass is 327 g/mol. The van der Waals surface area contributed by atoms with Gasteiger partial charge in [-0.05, 0) is 37.7 Å². The molecule has 2 fully saturated rings. The van der Waals surface area contributed by atoms with Crippen LogP contribution in [0.5, 0.6) is 0 Å². The zero-order valence-corrected chi connectivity index (χ0v) is 14.1. The van der Waals surface area contributed by atoms with Crippen molar-refractivity contribution < 1.29 is 4.79 Å². The van der Waals surface area contributed by atoms with Crippen molar-refractivity contribution in [3.63, 3.8) is 0 Å². The summed E-state index contributed by atoms with van der Waals surface area (Å²) in [5, 5.41) is 4.13. The van der Waals surface area contributed by atoms with Gasteiger partial charge in [0.25, 0.3) is 0 Å². The molecular formula is C18H25N5O. The summed E-state index contributed by atoms with van der Waals surface area (Å²) in [7, 11) is 0. The lowest BCUT2D eigenvalue weighted by Gasteiger charge is -2.34. The Morgan fingerprint density at radius 2 is 2.29 bits per heavy atom. The van der Waals surface area contributed by atoms with Crippen LogP contribution in [-0.2, 0) is 11.2 Å². The lowest BCUT2D eigenvalue weighted by molar-refractivity contribution is -0.117. The van der Waals surface area contributed by atoms with Crippen molar-refractivity contribution in [2.45, 2.75) is 45.1 Å². The number of hydrogen-bond donors (Lipinski definition) is 3. The first-order valence-electron chi connectivity index (χ1n) is 8.97. The van der Waals surface area contributed by atoms with E-state index in [0.29, 0.717) is 0 Å². The van der Waals surface area contributed by atoms with E-state index in [4.69, 9.17) is 5.73 Å². The van der Waals surface area contributed by atoms with Gasteiger partial charge in [-0.3, -0.25) is 4.79 Å². The average Bonchev–Trinajstić information content (AvgIpc) is 3.36. The standard InChI is InChI=1S/C18H25N5O/c1-2-11-8-20-17-15(16(11)23-7-3-4-13(19)10-23)14(9-21-17)22-18(24)12-5-6-12/h8-9,12-13H,2-7,10,19H2,1H3,(H,20,21)(H,22,24)/t13-/m1/s1. The molecule has 4 rings (SSSR count). The summed E-state index contributed by atoms with van der Waals surface area (Å²) < 4.78 is 0. The van der Waals surface area contributed by atoms with Gasteiger partial charge in [0.05, 0.1) is 16.8 Å². The summed E-state index contributed by atoms with van der Waals surface area (Å²) in [4.78, 5) is 22.4. The summed E-state index contributed by atoms with van der Waals surface area (Å²) in [6.45, 7) is 4.00. The minimum absolute atomic E-state index is 0.124. The van der Waals surface area contributed by atoms with Crippen molar-refractivity contribution in [3.05, 3.63) is 18.0 Å². The van der Waals surface area contributed by atoms with E-state index >= 15 is 0 Å². The van der Waals surface area contributed by atoms with Crippen molar-refractivity contribution >= 4 is 28.3 Å². The van der Waals surface area contributed by atoms with Gasteiger partial charge >= 0.3 is 0 Å². The van der Waals surface area contributed by atoms with Gasteiger partial charge in [-0.2, -0.15) is 0 Å². The number of aromatic nitrogens is 2. The number of H-pyrrole nitrogens is 1. The van der Waals surface area contributed by atoms with Crippen LogP contribution in [0.2, 0.25) is 0 Å². The second-order valence-electron chi connectivity index (χ2n) is 7.02. The number of nitrogens with two attached hydrogens (primary N) is 1. The molecule has 0 unspecified atom stereocenters. The molecule has 2 aliphatic rings. The zero-order valence-electron chi connectivity index (χ0n) is 14.1. The molecule has 0 spiro atoms. The van der Waals surface area contributed by atoms with Gasteiger partial charge in [-0.15, -0.1) is 0 Å². The number of nitrogens with one attached hydrogen (secondary N) is 2. The molecule has 0 bridgehead atoms. The molecule has 0 radical (unpaired) electrons. The Bertz CT molecular complexity index is 764. The summed E-state index contributed by atoms with van der Waals surface area (Å²) in [6.07, 6.45) is 8.89. The Kier molecular flexibility index (Phi) is 3.92. The van der Waals surface area contributed by atoms with Gasteiger partial charge in [-0.25, -0.2) is 4.98 Å². The molecule has 4 N–H and O–H groups in total. The van der Waals surface area contributed by atoms with Gasteiger partial charge in [0.15, 0.2) is 0 Å². The molecule has 1 atom stereocenters. The van der Waals surface area contributed by atoms with Crippen LogP contribution < -0.4 is 16.0 Å². The highest BCUT2D eigenvalue weighted by Crippen LogP contribution is 2.38. The summed E-state index contributed by atoms with van der Waals surface area (Å²) in [5.41, 5.74) is 10.3. The normalized spacial score (nSPS) is 21.2. The van der Waals surface area contributed by atoms with Gasteiger partial charge in [0.2, 0.25) is 5.91 Å². The highest BCUT2D eigenvalue weighted by Gasteiger charge is 2.31. The molecule has 1 amide bonds. The number of piperidine rings is 1. The maximum absolute atomic E-state index is 12.2. The van der Waals surface area contributed by atoms with Crippen molar-refractivity contribution in [2.24, 2.45) is 11.7 Å². The Morgan fingerprint density at radius 1 is 1.46 bits per heavy atom. The fourth-order valence-electron chi connectivity index (χ4n) is 3.63. The topological polar surface area (TPSA) is 87.0 Å². The largest absolute Gasteiger partial charge is 0.369 e. The van der Waals surface area contributed by atoms with Crippen LogP contribution in [0, 0.1) is 5.92 Å². The van der Waals surface area contributed by atoms with Gasteiger partial charge < -0.3 is 20.9 Å². The summed E-state index contributed by atoms with van der Waals surface area (Å²) >= 11 is 0. The summed E-state index contributed by atoms with van der Waals surface area (Å²) in [6, 6.07) is 0.204. The first-order chi connectivity index (χ1) is 11.7. The van der Waals surface area contributed by atoms with E-state index in [1.165, 1.54) is 11.3 Å². The highest BCUT2D eigenvalue weighted by molar-refractivity contribution is 6.07. The number of carbonyl (C=O) groups is 1. The van der Waals surface area contributed by atoms with E-state index in [0.717, 1.165) is 61.9 Å². The second-order valence-corrected chi connectivity index (χ2v) is 7.02. The van der Waals surface area contributed by atoms with Gasteiger partial charge in [-0.1, -0.05) is 6.92 Å². The maximum atomic E-state index is 12.2. The molecule has 128 valence electrons. The van der Waals surface area contributed by atoms with Crippen LogP contribution in [0.4, 0.5) is 11.4 Å². The third-order valence-corrected chi connectivity index (χ3v) is 5.11. The Labute approximate surface area is 141 Å². The van der Waals surface area contributed by atoms with E-state index < -0.39 is 0 Å². The number of amides is 1. The molecule has 2 aromatic rings. The minimum Gasteiger partial charge on any atom is -0.369 e. The third-order valence-electron chi connectivity index (χ3n) is 5.11. The first-order valence-corrected chi connectivity index (χ1v) is 8.97. The minimum atomic E-state index is 0.124. The number of hydrogen-bond acceptors (Lipinski definition) is 4. The molecule has 6 heteroatoms. The first kappa shape index (κ1) is 15.4. The second kappa shape index (κ2) is 6.09. The molecule has 1 saturated heterocycles. The summed E-state index contributed by atoms with van der Waals surface area (Å²) in [5.74, 6) is 0.309. The molecule has 6 nitrogen and oxygen atoms in total. The van der Waals surface area contributed by atoms with E-state index in [1.807, 2.05) is 12.4 Å². The van der Waals surface area contributed by atoms with Crippen LogP contribution in [0.3, 0.4) is 0 Å². The van der Waals surface area contributed by atoms with E-state index in [9.17, 15) is 4.79 Å². The molecule has 3 heterocycles. The lowest BCUT2D eigenvalue weighted by atomic mass is 10.0. The number of aryl methyl sites for hydroxylation is 1. The van der Waals surface area contributed by atoms with Crippen molar-refractivity contribution in [2.75, 3.05) is 23.3 Å². The number of carbonyl (C=O) groups excluding carboxylic acids is 1. The average molecular weight is 327 g/mol. The van der Waals surface area contributed by atoms with Crippen LogP contribution in [0.1, 0.15) is 38.2 Å². The maximum Gasteiger partial charge on any atom is 0.227 e. The lowest BCUT2D eigenvalue weighted by Crippen LogP contribution is -2.43. The molecule has 1 saturated carbocycles. The van der Waals surface area contributed by atoms with Crippen molar-refractivity contribution in [1.29, 1.82) is 0 Å². The van der Waals surface area contributed by atoms with Crippen molar-refractivity contribution in [1.82, 2.24) is 9.97 Å². The molecule has 1 aliphatic carbocycles. The van der Waals surface area contributed by atoms with Crippen LogP contribution in [0.25, 0.3) is 11.0 Å². The fourth-order valence-corrected chi connectivity index (χ4v) is 3.63. The van der Waals surface area contributed by atoms with E-state index in [2.05, 4.69) is 27.1 Å². The predicted octanol–water partition coefficient (Wildman–Crippen LogP) is 2.40. The Morgan fingerprint density at radius 3 is 3.00 bits per heavy atom. The molecule has 0 aromatic carbocycles. The SMILES string of the molecule is CCc1cnc2[nH]cc(NC(=O)C3CC3)c2c1N1CCC[C@@H](N)C1. The van der Waals surface area contributed by atoms with Crippen LogP contribution >= 0.6 is 0 Å². The fraction of sp³-hybridized carbons (Fsp3) is 0.556. The van der Waals surface area contributed by atoms with Gasteiger partial charge in [0.1, 0.15) is 5.65 Å². The van der Waals surface area contributed by atoms with Crippen molar-refractivity contribution in [3.8, 4) is 0 Å². The smallest absolute Gasteiger partial charge is 0.227 e. The third kappa shape index (κ3) is 2.75. The van der Waals surface area contributed by atoms with Crippen LogP contribution in [-0.4, -0.2) is 35.0 Å². The zero-order chi connectivity index (χ0) is 16.7. The molecule has 2 aromatic heterocycles. The molecule has 1 aliphatic heterocycles.